The molecular formula is C14H12N2O2. The molecule has 0 spiro atoms. The van der Waals surface area contributed by atoms with Gasteiger partial charge in [0, 0.05) is 17.1 Å². The lowest BCUT2D eigenvalue weighted by atomic mass is 10.1. The Kier molecular flexibility index (Phi) is 2.48. The van der Waals surface area contributed by atoms with Crippen molar-refractivity contribution in [1.29, 1.82) is 0 Å². The molecule has 4 nitrogen and oxygen atoms in total. The van der Waals surface area contributed by atoms with Crippen LogP contribution in [0.3, 0.4) is 0 Å². The van der Waals surface area contributed by atoms with E-state index in [9.17, 15) is 4.79 Å². The Hall–Kier alpha value is -2.36. The normalized spacial score (nSPS) is 10.9. The zero-order valence-electron chi connectivity index (χ0n) is 9.93. The molecule has 3 rings (SSSR count). The van der Waals surface area contributed by atoms with Gasteiger partial charge in [0.05, 0.1) is 5.56 Å². The van der Waals surface area contributed by atoms with E-state index in [4.69, 9.17) is 4.42 Å². The highest BCUT2D eigenvalue weighted by Crippen LogP contribution is 2.27. The zero-order chi connectivity index (χ0) is 12.5. The predicted octanol–water partition coefficient (Wildman–Crippen LogP) is 2.75. The lowest BCUT2D eigenvalue weighted by Gasteiger charge is -2.00. The maximum Gasteiger partial charge on any atom is 0.251 e. The quantitative estimate of drug-likeness (QED) is 0.749. The van der Waals surface area contributed by atoms with E-state index in [0.29, 0.717) is 5.82 Å². The number of para-hydroxylation sites is 1. The largest absolute Gasteiger partial charge is 0.464 e. The van der Waals surface area contributed by atoms with Crippen LogP contribution in [0.2, 0.25) is 0 Å². The summed E-state index contributed by atoms with van der Waals surface area (Å²) in [7, 11) is 0. The highest BCUT2D eigenvalue weighted by atomic mass is 16.3. The second-order valence-electron chi connectivity index (χ2n) is 4.08. The van der Waals surface area contributed by atoms with Crippen molar-refractivity contribution in [1.82, 2.24) is 9.97 Å². The smallest absolute Gasteiger partial charge is 0.251 e. The van der Waals surface area contributed by atoms with Crippen LogP contribution in [0.1, 0.15) is 12.6 Å². The van der Waals surface area contributed by atoms with Gasteiger partial charge in [0.2, 0.25) is 0 Å². The second kappa shape index (κ2) is 4.14. The molecule has 0 saturated heterocycles. The second-order valence-corrected chi connectivity index (χ2v) is 4.08. The highest BCUT2D eigenvalue weighted by Gasteiger charge is 2.10. The molecule has 90 valence electrons. The van der Waals surface area contributed by atoms with E-state index in [2.05, 4.69) is 9.97 Å². The van der Waals surface area contributed by atoms with Gasteiger partial charge >= 0.3 is 0 Å². The standard InChI is InChI=1S/C14H12N2O2/c1-2-9-7-13(17)16-14(15-9)11-8-18-12-6-4-3-5-10(11)12/h3-8H,2H2,1H3,(H,15,16,17). The minimum atomic E-state index is -0.137. The third-order valence-corrected chi connectivity index (χ3v) is 2.89. The van der Waals surface area contributed by atoms with E-state index >= 15 is 0 Å². The Morgan fingerprint density at radius 1 is 1.33 bits per heavy atom. The average molecular weight is 240 g/mol. The van der Waals surface area contributed by atoms with Gasteiger partial charge in [-0.25, -0.2) is 4.98 Å². The molecule has 0 aliphatic carbocycles. The SMILES string of the molecule is CCc1cc(=O)[nH]c(-c2coc3ccccc23)n1. The molecule has 1 N–H and O–H groups in total. The predicted molar refractivity (Wildman–Crippen MR) is 69.4 cm³/mol. The van der Waals surface area contributed by atoms with Crippen molar-refractivity contribution in [2.45, 2.75) is 13.3 Å². The van der Waals surface area contributed by atoms with Crippen LogP contribution in [-0.2, 0) is 6.42 Å². The fourth-order valence-electron chi connectivity index (χ4n) is 1.98. The fraction of sp³-hybridized carbons (Fsp3) is 0.143. The fourth-order valence-corrected chi connectivity index (χ4v) is 1.98. The Bertz CT molecular complexity index is 756. The van der Waals surface area contributed by atoms with Gasteiger partial charge in [0.15, 0.2) is 0 Å². The van der Waals surface area contributed by atoms with Crippen LogP contribution >= 0.6 is 0 Å². The molecule has 0 fully saturated rings. The first kappa shape index (κ1) is 10.8. The van der Waals surface area contributed by atoms with Crippen LogP contribution in [-0.4, -0.2) is 9.97 Å². The van der Waals surface area contributed by atoms with Crippen LogP contribution in [0.4, 0.5) is 0 Å². The van der Waals surface area contributed by atoms with Crippen molar-refractivity contribution in [2.75, 3.05) is 0 Å². The summed E-state index contributed by atoms with van der Waals surface area (Å²) < 4.78 is 5.45. The molecule has 0 aliphatic heterocycles. The number of nitrogens with zero attached hydrogens (tertiary/aromatic N) is 1. The van der Waals surface area contributed by atoms with Gasteiger partial charge in [-0.3, -0.25) is 4.79 Å². The van der Waals surface area contributed by atoms with E-state index in [-0.39, 0.29) is 5.56 Å². The summed E-state index contributed by atoms with van der Waals surface area (Å²) in [4.78, 5) is 18.8. The van der Waals surface area contributed by atoms with E-state index in [1.165, 1.54) is 6.07 Å². The molecule has 1 aromatic carbocycles. The summed E-state index contributed by atoms with van der Waals surface area (Å²) in [6.45, 7) is 1.97. The van der Waals surface area contributed by atoms with Gasteiger partial charge in [-0.2, -0.15) is 0 Å². The van der Waals surface area contributed by atoms with Crippen LogP contribution in [0.25, 0.3) is 22.4 Å². The van der Waals surface area contributed by atoms with E-state index < -0.39 is 0 Å². The van der Waals surface area contributed by atoms with Gasteiger partial charge in [-0.1, -0.05) is 25.1 Å². The van der Waals surface area contributed by atoms with Gasteiger partial charge < -0.3 is 9.40 Å². The maximum absolute atomic E-state index is 11.6. The Labute approximate surface area is 103 Å². The molecule has 0 bridgehead atoms. The van der Waals surface area contributed by atoms with Crippen LogP contribution in [0.5, 0.6) is 0 Å². The monoisotopic (exact) mass is 240 g/mol. The summed E-state index contributed by atoms with van der Waals surface area (Å²) >= 11 is 0. The minimum Gasteiger partial charge on any atom is -0.464 e. The number of aromatic nitrogens is 2. The number of hydrogen-bond donors (Lipinski definition) is 1. The van der Waals surface area contributed by atoms with Crippen molar-refractivity contribution in [3.8, 4) is 11.4 Å². The molecule has 4 heteroatoms. The van der Waals surface area contributed by atoms with Gasteiger partial charge in [0.1, 0.15) is 17.7 Å². The Balaban J connectivity index is 2.26. The third kappa shape index (κ3) is 1.72. The van der Waals surface area contributed by atoms with Crippen LogP contribution in [0, 0.1) is 0 Å². The first-order valence-electron chi connectivity index (χ1n) is 5.85. The van der Waals surface area contributed by atoms with Gasteiger partial charge in [-0.15, -0.1) is 0 Å². The summed E-state index contributed by atoms with van der Waals surface area (Å²) in [5.41, 5.74) is 2.25. The molecule has 0 amide bonds. The number of benzene rings is 1. The molecule has 0 aliphatic rings. The molecule has 2 heterocycles. The molecule has 2 aromatic heterocycles. The number of aromatic amines is 1. The number of fused-ring (bicyclic) bond motifs is 1. The first-order valence-corrected chi connectivity index (χ1v) is 5.85. The van der Waals surface area contributed by atoms with Gasteiger partial charge in [-0.05, 0) is 12.5 Å². The number of furan rings is 1. The molecule has 0 unspecified atom stereocenters. The lowest BCUT2D eigenvalue weighted by Crippen LogP contribution is -2.09. The average Bonchev–Trinajstić information content (AvgIpc) is 2.81. The number of aryl methyl sites for hydroxylation is 1. The zero-order valence-corrected chi connectivity index (χ0v) is 9.93. The molecule has 18 heavy (non-hydrogen) atoms. The minimum absolute atomic E-state index is 0.137. The van der Waals surface area contributed by atoms with E-state index in [0.717, 1.165) is 28.6 Å². The maximum atomic E-state index is 11.6. The van der Waals surface area contributed by atoms with Crippen molar-refractivity contribution >= 4 is 11.0 Å². The van der Waals surface area contributed by atoms with E-state index in [1.807, 2.05) is 31.2 Å². The molecule has 0 radical (unpaired) electrons. The number of H-pyrrole nitrogens is 1. The highest BCUT2D eigenvalue weighted by molar-refractivity contribution is 5.91. The van der Waals surface area contributed by atoms with Crippen molar-refractivity contribution < 1.29 is 4.42 Å². The number of hydrogen-bond acceptors (Lipinski definition) is 3. The number of nitrogens with one attached hydrogen (secondary N) is 1. The summed E-state index contributed by atoms with van der Waals surface area (Å²) in [6, 6.07) is 9.20. The van der Waals surface area contributed by atoms with Crippen LogP contribution in [0.15, 0.2) is 45.8 Å². The molecular weight excluding hydrogens is 228 g/mol. The molecule has 0 atom stereocenters. The van der Waals surface area contributed by atoms with Crippen molar-refractivity contribution in [3.05, 3.63) is 52.6 Å². The summed E-state index contributed by atoms with van der Waals surface area (Å²) in [5, 5.41) is 0.953. The van der Waals surface area contributed by atoms with E-state index in [1.54, 1.807) is 6.26 Å². The number of rotatable bonds is 2. The Morgan fingerprint density at radius 3 is 3.00 bits per heavy atom. The lowest BCUT2D eigenvalue weighted by molar-refractivity contribution is 0.616. The Morgan fingerprint density at radius 2 is 2.17 bits per heavy atom. The summed E-state index contributed by atoms with van der Waals surface area (Å²) in [6.07, 6.45) is 2.36. The first-order chi connectivity index (χ1) is 8.78. The molecule has 3 aromatic rings. The topological polar surface area (TPSA) is 58.9 Å². The summed E-state index contributed by atoms with van der Waals surface area (Å²) in [5.74, 6) is 0.560. The van der Waals surface area contributed by atoms with Crippen LogP contribution < -0.4 is 5.56 Å². The third-order valence-electron chi connectivity index (χ3n) is 2.89. The van der Waals surface area contributed by atoms with Gasteiger partial charge in [0.25, 0.3) is 5.56 Å². The molecule has 0 saturated carbocycles. The van der Waals surface area contributed by atoms with Crippen molar-refractivity contribution in [3.63, 3.8) is 0 Å². The van der Waals surface area contributed by atoms with Crippen molar-refractivity contribution in [2.24, 2.45) is 0 Å².